The lowest BCUT2D eigenvalue weighted by Crippen LogP contribution is -2.48. The molecule has 0 aliphatic carbocycles. The van der Waals surface area contributed by atoms with Crippen molar-refractivity contribution >= 4 is 60.3 Å². The Balaban J connectivity index is 0.00000392. The van der Waals surface area contributed by atoms with Crippen molar-refractivity contribution in [2.45, 2.75) is 25.9 Å². The van der Waals surface area contributed by atoms with Gasteiger partial charge in [0, 0.05) is 88.6 Å². The van der Waals surface area contributed by atoms with Gasteiger partial charge in [0.25, 0.3) is 11.8 Å². The number of hydrogen-bond donors (Lipinski definition) is 2. The number of halogens is 2. The number of hydrogen-bond acceptors (Lipinski definition) is 10. The Kier molecular flexibility index (Phi) is 16.2. The average Bonchev–Trinajstić information content (AvgIpc) is 3.18. The minimum absolute atomic E-state index is 0. The van der Waals surface area contributed by atoms with Crippen LogP contribution in [0.4, 0.5) is 0 Å². The minimum atomic E-state index is -0.437. The summed E-state index contributed by atoms with van der Waals surface area (Å²) in [4.78, 5) is 84.8. The molecule has 0 atom stereocenters. The molecule has 3 aliphatic heterocycles. The van der Waals surface area contributed by atoms with Crippen LogP contribution in [0.25, 0.3) is 0 Å². The maximum atomic E-state index is 13.0. The summed E-state index contributed by atoms with van der Waals surface area (Å²) in [6, 6.07) is 14.1. The molecule has 6 amide bonds. The number of rotatable bonds is 12. The summed E-state index contributed by atoms with van der Waals surface area (Å²) in [5, 5.41) is 0. The van der Waals surface area contributed by atoms with Gasteiger partial charge in [0.05, 0.1) is 0 Å². The van der Waals surface area contributed by atoms with Crippen LogP contribution in [-0.4, -0.2) is 104 Å². The van der Waals surface area contributed by atoms with Crippen LogP contribution >= 0.6 is 24.8 Å². The Hall–Kier alpha value is -5.68. The Morgan fingerprint density at radius 3 is 1.09 bits per heavy atom. The molecule has 5 rings (SSSR count). The molecule has 2 aromatic rings. The smallest absolute Gasteiger partial charge is 0.268 e. The molecule has 2 aromatic carbocycles. The lowest BCUT2D eigenvalue weighted by atomic mass is 10.2. The molecule has 4 N–H and O–H groups in total. The summed E-state index contributed by atoms with van der Waals surface area (Å²) in [5.41, 5.74) is 13.1. The van der Waals surface area contributed by atoms with Crippen LogP contribution < -0.4 is 20.9 Å². The third-order valence-electron chi connectivity index (χ3n) is 8.29. The van der Waals surface area contributed by atoms with E-state index in [1.807, 2.05) is 24.3 Å². The maximum Gasteiger partial charge on any atom is 0.268 e. The molecule has 0 aromatic heterocycles. The quantitative estimate of drug-likeness (QED) is 0.320. The van der Waals surface area contributed by atoms with Crippen LogP contribution in [-0.2, 0) is 41.9 Å². The molecule has 18 heteroatoms. The van der Waals surface area contributed by atoms with E-state index in [2.05, 4.69) is 0 Å². The lowest BCUT2D eigenvalue weighted by molar-refractivity contribution is -0.145. The summed E-state index contributed by atoms with van der Waals surface area (Å²) in [7, 11) is 0. The standard InChI is InChI=1S/C36H40N8O8.2ClH/c37-21-27-1-5-29(6-2-27)51-25-35(49)41-17-13-39(14-18-41)33(47)23-43-11-9-32(46)44(12-10-31(43)45)24-34(48)40-15-19-42(20-16-40)36(50)26-52-30-7-3-28(22-38)4-8-30;;/h1-8,13-20H,9-12,21-26,37-38H2;2*1H. The molecule has 0 bridgehead atoms. The van der Waals surface area contributed by atoms with Gasteiger partial charge in [0.2, 0.25) is 23.6 Å². The molecule has 0 spiro atoms. The van der Waals surface area contributed by atoms with Crippen molar-refractivity contribution in [2.75, 3.05) is 39.4 Å². The SMILES string of the molecule is Cl.Cl.NCc1ccc(OCC(=O)N2C=CN(C(=O)CN3CCC(=O)N(CC(=O)N4C=CN(C(=O)COc5ccc(CN)cc5)C=C4)CCC3=O)C=C2)cc1. The molecule has 54 heavy (non-hydrogen) atoms. The fraction of sp³-hybridized carbons (Fsp3) is 0.278. The molecule has 16 nitrogen and oxygen atoms in total. The number of carbonyl (C=O) groups excluding carboxylic acids is 6. The minimum Gasteiger partial charge on any atom is -0.484 e. The number of nitrogens with zero attached hydrogens (tertiary/aromatic N) is 6. The summed E-state index contributed by atoms with van der Waals surface area (Å²) in [5.74, 6) is -1.25. The number of amides is 6. The number of nitrogens with two attached hydrogens (primary N) is 2. The fourth-order valence-corrected chi connectivity index (χ4v) is 5.17. The van der Waals surface area contributed by atoms with E-state index >= 15 is 0 Å². The van der Waals surface area contributed by atoms with Gasteiger partial charge in [0.15, 0.2) is 13.2 Å². The molecule has 0 radical (unpaired) electrons. The van der Waals surface area contributed by atoms with Crippen LogP contribution in [0.5, 0.6) is 11.5 Å². The first-order valence-corrected chi connectivity index (χ1v) is 16.5. The summed E-state index contributed by atoms with van der Waals surface area (Å²) >= 11 is 0. The molecular formula is C36H42Cl2N8O8. The van der Waals surface area contributed by atoms with Crippen molar-refractivity contribution < 1.29 is 38.2 Å². The molecular weight excluding hydrogens is 743 g/mol. The van der Waals surface area contributed by atoms with E-state index in [9.17, 15) is 28.8 Å². The number of benzene rings is 2. The molecule has 3 aliphatic rings. The average molecular weight is 786 g/mol. The van der Waals surface area contributed by atoms with Gasteiger partial charge in [-0.1, -0.05) is 24.3 Å². The molecule has 1 fully saturated rings. The van der Waals surface area contributed by atoms with Crippen LogP contribution in [0.1, 0.15) is 24.0 Å². The van der Waals surface area contributed by atoms with E-state index in [0.29, 0.717) is 24.6 Å². The molecule has 0 unspecified atom stereocenters. The van der Waals surface area contributed by atoms with Crippen LogP contribution in [0.2, 0.25) is 0 Å². The third-order valence-corrected chi connectivity index (χ3v) is 8.29. The van der Waals surface area contributed by atoms with Gasteiger partial charge in [0.1, 0.15) is 24.6 Å². The highest BCUT2D eigenvalue weighted by Gasteiger charge is 2.28. The van der Waals surface area contributed by atoms with Gasteiger partial charge < -0.3 is 30.7 Å². The zero-order chi connectivity index (χ0) is 37.0. The zero-order valence-corrected chi connectivity index (χ0v) is 30.9. The predicted octanol–water partition coefficient (Wildman–Crippen LogP) is 1.58. The van der Waals surface area contributed by atoms with Gasteiger partial charge in [-0.2, -0.15) is 0 Å². The monoisotopic (exact) mass is 784 g/mol. The first-order chi connectivity index (χ1) is 25.1. The van der Waals surface area contributed by atoms with Crippen molar-refractivity contribution in [3.05, 3.63) is 109 Å². The molecule has 0 saturated carbocycles. The van der Waals surface area contributed by atoms with E-state index in [-0.39, 0.29) is 101 Å². The summed E-state index contributed by atoms with van der Waals surface area (Å²) in [6.45, 7) is -0.229. The van der Waals surface area contributed by atoms with Crippen LogP contribution in [0.3, 0.4) is 0 Å². The summed E-state index contributed by atoms with van der Waals surface area (Å²) in [6.07, 6.45) is 11.1. The van der Waals surface area contributed by atoms with Crippen LogP contribution in [0.15, 0.2) is 98.1 Å². The van der Waals surface area contributed by atoms with Gasteiger partial charge in [-0.3, -0.25) is 48.4 Å². The molecule has 1 saturated heterocycles. The van der Waals surface area contributed by atoms with Gasteiger partial charge >= 0.3 is 0 Å². The number of ether oxygens (including phenoxy) is 2. The first-order valence-electron chi connectivity index (χ1n) is 16.5. The van der Waals surface area contributed by atoms with Crippen molar-refractivity contribution in [1.29, 1.82) is 0 Å². The van der Waals surface area contributed by atoms with Gasteiger partial charge in [-0.25, -0.2) is 0 Å². The topological polar surface area (TPSA) is 192 Å². The van der Waals surface area contributed by atoms with Crippen LogP contribution in [0, 0.1) is 0 Å². The van der Waals surface area contributed by atoms with Crippen molar-refractivity contribution in [1.82, 2.24) is 29.4 Å². The van der Waals surface area contributed by atoms with E-state index in [0.717, 1.165) is 11.1 Å². The van der Waals surface area contributed by atoms with E-state index in [1.54, 1.807) is 24.3 Å². The Morgan fingerprint density at radius 1 is 0.500 bits per heavy atom. The second kappa shape index (κ2) is 20.5. The Morgan fingerprint density at radius 2 is 0.796 bits per heavy atom. The highest BCUT2D eigenvalue weighted by Crippen LogP contribution is 2.16. The van der Waals surface area contributed by atoms with E-state index < -0.39 is 11.8 Å². The summed E-state index contributed by atoms with van der Waals surface area (Å²) < 4.78 is 11.1. The Labute approximate surface area is 324 Å². The van der Waals surface area contributed by atoms with Gasteiger partial charge in [-0.15, -0.1) is 24.8 Å². The second-order valence-corrected chi connectivity index (χ2v) is 11.8. The third kappa shape index (κ3) is 11.7. The highest BCUT2D eigenvalue weighted by molar-refractivity contribution is 5.90. The first kappa shape index (κ1) is 42.7. The van der Waals surface area contributed by atoms with Crippen molar-refractivity contribution in [2.24, 2.45) is 11.5 Å². The number of carbonyl (C=O) groups is 6. The largest absolute Gasteiger partial charge is 0.484 e. The zero-order valence-electron chi connectivity index (χ0n) is 29.2. The van der Waals surface area contributed by atoms with Crippen molar-refractivity contribution in [3.63, 3.8) is 0 Å². The highest BCUT2D eigenvalue weighted by atomic mass is 35.5. The van der Waals surface area contributed by atoms with E-state index in [1.165, 1.54) is 79.0 Å². The maximum absolute atomic E-state index is 13.0. The fourth-order valence-electron chi connectivity index (χ4n) is 5.17. The normalized spacial score (nSPS) is 15.3. The lowest BCUT2D eigenvalue weighted by Gasteiger charge is -2.31. The predicted molar refractivity (Wildman–Crippen MR) is 200 cm³/mol. The van der Waals surface area contributed by atoms with Crippen molar-refractivity contribution in [3.8, 4) is 11.5 Å². The molecule has 3 heterocycles. The van der Waals surface area contributed by atoms with Gasteiger partial charge in [-0.05, 0) is 35.4 Å². The second-order valence-electron chi connectivity index (χ2n) is 11.8. The molecule has 288 valence electrons. The Bertz CT molecular complexity index is 1630. The van der Waals surface area contributed by atoms with E-state index in [4.69, 9.17) is 20.9 Å².